The lowest BCUT2D eigenvalue weighted by molar-refractivity contribution is 0.395. The van der Waals surface area contributed by atoms with Gasteiger partial charge in [-0.3, -0.25) is 4.98 Å². The molecule has 1 heterocycles. The van der Waals surface area contributed by atoms with Gasteiger partial charge in [0.25, 0.3) is 0 Å². The maximum atomic E-state index is 5.43. The molecule has 1 aromatic carbocycles. The SMILES string of the molecule is CNC(c1ccccc1OC)c1ccncc1OC. The van der Waals surface area contributed by atoms with Crippen LogP contribution in [0.25, 0.3) is 0 Å². The monoisotopic (exact) mass is 258 g/mol. The van der Waals surface area contributed by atoms with E-state index in [1.807, 2.05) is 37.4 Å². The first-order valence-electron chi connectivity index (χ1n) is 6.10. The number of nitrogens with one attached hydrogen (secondary N) is 1. The van der Waals surface area contributed by atoms with Crippen molar-refractivity contribution in [3.05, 3.63) is 53.9 Å². The second-order valence-electron chi connectivity index (χ2n) is 4.08. The molecule has 0 amide bonds. The molecule has 19 heavy (non-hydrogen) atoms. The Balaban J connectivity index is 2.50. The number of benzene rings is 1. The van der Waals surface area contributed by atoms with Gasteiger partial charge in [0.05, 0.1) is 26.5 Å². The number of rotatable bonds is 5. The Hall–Kier alpha value is -2.07. The molecule has 0 spiro atoms. The normalized spacial score (nSPS) is 11.9. The van der Waals surface area contributed by atoms with Gasteiger partial charge in [-0.15, -0.1) is 0 Å². The number of aromatic nitrogens is 1. The van der Waals surface area contributed by atoms with E-state index in [0.717, 1.165) is 22.6 Å². The Bertz CT molecular complexity index is 496. The Labute approximate surface area is 113 Å². The van der Waals surface area contributed by atoms with Crippen LogP contribution < -0.4 is 14.8 Å². The smallest absolute Gasteiger partial charge is 0.142 e. The van der Waals surface area contributed by atoms with Gasteiger partial charge in [-0.25, -0.2) is 0 Å². The molecule has 0 saturated heterocycles. The highest BCUT2D eigenvalue weighted by atomic mass is 16.5. The molecule has 1 unspecified atom stereocenters. The summed E-state index contributed by atoms with van der Waals surface area (Å²) in [7, 11) is 5.24. The number of hydrogen-bond acceptors (Lipinski definition) is 4. The van der Waals surface area contributed by atoms with E-state index in [1.54, 1.807) is 26.6 Å². The molecule has 4 heteroatoms. The quantitative estimate of drug-likeness (QED) is 0.894. The van der Waals surface area contributed by atoms with Crippen molar-refractivity contribution in [3.8, 4) is 11.5 Å². The molecule has 0 radical (unpaired) electrons. The highest BCUT2D eigenvalue weighted by Gasteiger charge is 2.19. The molecule has 0 saturated carbocycles. The zero-order chi connectivity index (χ0) is 13.7. The predicted molar refractivity (Wildman–Crippen MR) is 74.7 cm³/mol. The summed E-state index contributed by atoms with van der Waals surface area (Å²) in [5.41, 5.74) is 2.10. The lowest BCUT2D eigenvalue weighted by Crippen LogP contribution is -2.19. The first-order chi connectivity index (χ1) is 9.31. The van der Waals surface area contributed by atoms with Gasteiger partial charge in [0.2, 0.25) is 0 Å². The van der Waals surface area contributed by atoms with Gasteiger partial charge in [0.1, 0.15) is 11.5 Å². The summed E-state index contributed by atoms with van der Waals surface area (Å²) >= 11 is 0. The second kappa shape index (κ2) is 6.20. The fourth-order valence-corrected chi connectivity index (χ4v) is 2.18. The fourth-order valence-electron chi connectivity index (χ4n) is 2.18. The van der Waals surface area contributed by atoms with Gasteiger partial charge in [0, 0.05) is 17.3 Å². The molecule has 4 nitrogen and oxygen atoms in total. The fraction of sp³-hybridized carbons (Fsp3) is 0.267. The van der Waals surface area contributed by atoms with Crippen LogP contribution in [0.4, 0.5) is 0 Å². The molecule has 1 aromatic heterocycles. The molecule has 0 aliphatic rings. The minimum absolute atomic E-state index is 0.00546. The van der Waals surface area contributed by atoms with Crippen molar-refractivity contribution in [2.24, 2.45) is 0 Å². The van der Waals surface area contributed by atoms with E-state index in [-0.39, 0.29) is 6.04 Å². The zero-order valence-corrected chi connectivity index (χ0v) is 11.4. The Morgan fingerprint density at radius 3 is 2.37 bits per heavy atom. The first-order valence-corrected chi connectivity index (χ1v) is 6.10. The van der Waals surface area contributed by atoms with Crippen LogP contribution in [0.5, 0.6) is 11.5 Å². The molecule has 0 bridgehead atoms. The van der Waals surface area contributed by atoms with Crippen molar-refractivity contribution in [1.29, 1.82) is 0 Å². The maximum absolute atomic E-state index is 5.43. The largest absolute Gasteiger partial charge is 0.496 e. The van der Waals surface area contributed by atoms with E-state index < -0.39 is 0 Å². The summed E-state index contributed by atoms with van der Waals surface area (Å²) in [4.78, 5) is 4.09. The van der Waals surface area contributed by atoms with Gasteiger partial charge in [-0.05, 0) is 19.2 Å². The Morgan fingerprint density at radius 2 is 1.68 bits per heavy atom. The maximum Gasteiger partial charge on any atom is 0.142 e. The third-order valence-corrected chi connectivity index (χ3v) is 3.09. The topological polar surface area (TPSA) is 43.4 Å². The predicted octanol–water partition coefficient (Wildman–Crippen LogP) is 2.41. The van der Waals surface area contributed by atoms with E-state index >= 15 is 0 Å². The third-order valence-electron chi connectivity index (χ3n) is 3.09. The van der Waals surface area contributed by atoms with Crippen molar-refractivity contribution in [2.75, 3.05) is 21.3 Å². The molecule has 0 aliphatic carbocycles. The Morgan fingerprint density at radius 1 is 1.00 bits per heavy atom. The van der Waals surface area contributed by atoms with Crippen LogP contribution >= 0.6 is 0 Å². The van der Waals surface area contributed by atoms with Crippen LogP contribution in [-0.4, -0.2) is 26.3 Å². The van der Waals surface area contributed by atoms with Crippen LogP contribution in [0, 0.1) is 0 Å². The lowest BCUT2D eigenvalue weighted by atomic mass is 9.98. The summed E-state index contributed by atoms with van der Waals surface area (Å²) in [5, 5.41) is 3.30. The number of pyridine rings is 1. The molecule has 0 aliphatic heterocycles. The van der Waals surface area contributed by atoms with Crippen molar-refractivity contribution in [3.63, 3.8) is 0 Å². The Kier molecular flexibility index (Phi) is 4.36. The molecule has 1 N–H and O–H groups in total. The summed E-state index contributed by atoms with van der Waals surface area (Å²) in [6.45, 7) is 0. The van der Waals surface area contributed by atoms with Crippen LogP contribution in [-0.2, 0) is 0 Å². The third kappa shape index (κ3) is 2.69. The van der Waals surface area contributed by atoms with Gasteiger partial charge in [0.15, 0.2) is 0 Å². The minimum Gasteiger partial charge on any atom is -0.496 e. The number of para-hydroxylation sites is 1. The van der Waals surface area contributed by atoms with E-state index in [0.29, 0.717) is 0 Å². The van der Waals surface area contributed by atoms with Crippen molar-refractivity contribution >= 4 is 0 Å². The summed E-state index contributed by atoms with van der Waals surface area (Å²) in [6, 6.07) is 9.89. The second-order valence-corrected chi connectivity index (χ2v) is 4.08. The average Bonchev–Trinajstić information content (AvgIpc) is 2.49. The van der Waals surface area contributed by atoms with Gasteiger partial charge < -0.3 is 14.8 Å². The highest BCUT2D eigenvalue weighted by molar-refractivity contribution is 5.45. The number of methoxy groups -OCH3 is 2. The van der Waals surface area contributed by atoms with Gasteiger partial charge in [-0.1, -0.05) is 18.2 Å². The van der Waals surface area contributed by atoms with Crippen LogP contribution in [0.3, 0.4) is 0 Å². The molecule has 0 fully saturated rings. The molecular weight excluding hydrogens is 240 g/mol. The van der Waals surface area contributed by atoms with Crippen molar-refractivity contribution in [2.45, 2.75) is 6.04 Å². The summed E-state index contributed by atoms with van der Waals surface area (Å²) in [6.07, 6.45) is 3.48. The molecule has 100 valence electrons. The van der Waals surface area contributed by atoms with Crippen LogP contribution in [0.15, 0.2) is 42.7 Å². The molecule has 2 rings (SSSR count). The van der Waals surface area contributed by atoms with Crippen LogP contribution in [0.2, 0.25) is 0 Å². The number of ether oxygens (including phenoxy) is 2. The summed E-state index contributed by atoms with van der Waals surface area (Å²) < 4.78 is 10.8. The molecule has 1 atom stereocenters. The first kappa shape index (κ1) is 13.4. The van der Waals surface area contributed by atoms with E-state index in [9.17, 15) is 0 Å². The average molecular weight is 258 g/mol. The van der Waals surface area contributed by atoms with Crippen LogP contribution in [0.1, 0.15) is 17.2 Å². The standard InChI is InChI=1S/C15H18N2O2/c1-16-15(11-6-4-5-7-13(11)18-2)12-8-9-17-10-14(12)19-3/h4-10,15-16H,1-3H3. The van der Waals surface area contributed by atoms with Gasteiger partial charge in [-0.2, -0.15) is 0 Å². The van der Waals surface area contributed by atoms with E-state index in [2.05, 4.69) is 10.3 Å². The zero-order valence-electron chi connectivity index (χ0n) is 11.4. The highest BCUT2D eigenvalue weighted by Crippen LogP contribution is 2.33. The summed E-state index contributed by atoms with van der Waals surface area (Å²) in [5.74, 6) is 1.61. The minimum atomic E-state index is -0.00546. The lowest BCUT2D eigenvalue weighted by Gasteiger charge is -2.21. The number of nitrogens with zero attached hydrogens (tertiary/aromatic N) is 1. The number of hydrogen-bond donors (Lipinski definition) is 1. The van der Waals surface area contributed by atoms with E-state index in [4.69, 9.17) is 9.47 Å². The molecule has 2 aromatic rings. The van der Waals surface area contributed by atoms with Crippen molar-refractivity contribution < 1.29 is 9.47 Å². The van der Waals surface area contributed by atoms with E-state index in [1.165, 1.54) is 0 Å². The molecular formula is C15H18N2O2. The van der Waals surface area contributed by atoms with Crippen molar-refractivity contribution in [1.82, 2.24) is 10.3 Å². The van der Waals surface area contributed by atoms with Gasteiger partial charge >= 0.3 is 0 Å².